The summed E-state index contributed by atoms with van der Waals surface area (Å²) in [6.45, 7) is 6.74. The van der Waals surface area contributed by atoms with Gasteiger partial charge in [-0.25, -0.2) is 4.98 Å². The molecule has 0 spiro atoms. The van der Waals surface area contributed by atoms with E-state index < -0.39 is 0 Å². The number of pyridine rings is 1. The van der Waals surface area contributed by atoms with Crippen molar-refractivity contribution < 1.29 is 0 Å². The molecule has 1 aliphatic heterocycles. The van der Waals surface area contributed by atoms with Crippen LogP contribution in [0.25, 0.3) is 10.7 Å². The topological polar surface area (TPSA) is 41.0 Å². The molecule has 1 aliphatic rings. The Labute approximate surface area is 130 Å². The van der Waals surface area contributed by atoms with Crippen LogP contribution in [0.3, 0.4) is 0 Å². The molecule has 0 amide bonds. The van der Waals surface area contributed by atoms with E-state index in [2.05, 4.69) is 32.5 Å². The van der Waals surface area contributed by atoms with Gasteiger partial charge < -0.3 is 10.2 Å². The lowest BCUT2D eigenvalue weighted by atomic mass is 10.3. The average molecular weight is 302 g/mol. The van der Waals surface area contributed by atoms with Crippen molar-refractivity contribution in [3.63, 3.8) is 0 Å². The number of hydrogen-bond acceptors (Lipinski definition) is 5. The molecule has 1 fully saturated rings. The Morgan fingerprint density at radius 2 is 2.19 bits per heavy atom. The van der Waals surface area contributed by atoms with E-state index in [0.29, 0.717) is 6.04 Å². The minimum absolute atomic E-state index is 0.503. The summed E-state index contributed by atoms with van der Waals surface area (Å²) >= 11 is 1.66. The van der Waals surface area contributed by atoms with E-state index in [1.807, 2.05) is 24.4 Å². The SMILES string of the molecule is CC(CN1CCCC1)NCc1csc(-c2ccccn2)n1. The Hall–Kier alpha value is -1.30. The van der Waals surface area contributed by atoms with Crippen molar-refractivity contribution >= 4 is 11.3 Å². The van der Waals surface area contributed by atoms with Crippen LogP contribution < -0.4 is 5.32 Å². The molecule has 1 unspecified atom stereocenters. The number of thiazole rings is 1. The minimum Gasteiger partial charge on any atom is -0.307 e. The third kappa shape index (κ3) is 4.09. The van der Waals surface area contributed by atoms with Gasteiger partial charge >= 0.3 is 0 Å². The van der Waals surface area contributed by atoms with Gasteiger partial charge in [0.1, 0.15) is 5.01 Å². The summed E-state index contributed by atoms with van der Waals surface area (Å²) in [5.74, 6) is 0. The van der Waals surface area contributed by atoms with E-state index in [0.717, 1.165) is 29.5 Å². The highest BCUT2D eigenvalue weighted by Gasteiger charge is 2.14. The van der Waals surface area contributed by atoms with Crippen molar-refractivity contribution in [1.82, 2.24) is 20.2 Å². The van der Waals surface area contributed by atoms with Crippen molar-refractivity contribution in [3.05, 3.63) is 35.5 Å². The Kier molecular flexibility index (Phi) is 4.95. The molecule has 1 N–H and O–H groups in total. The van der Waals surface area contributed by atoms with Gasteiger partial charge in [0.2, 0.25) is 0 Å². The molecule has 0 aromatic carbocycles. The Balaban J connectivity index is 1.50. The number of rotatable bonds is 6. The van der Waals surface area contributed by atoms with E-state index in [9.17, 15) is 0 Å². The van der Waals surface area contributed by atoms with Crippen LogP contribution >= 0.6 is 11.3 Å². The second-order valence-electron chi connectivity index (χ2n) is 5.65. The molecule has 3 heterocycles. The van der Waals surface area contributed by atoms with Crippen LogP contribution in [0.2, 0.25) is 0 Å². The molecular weight excluding hydrogens is 280 g/mol. The summed E-state index contributed by atoms with van der Waals surface area (Å²) in [5, 5.41) is 6.70. The molecule has 0 bridgehead atoms. The van der Waals surface area contributed by atoms with E-state index >= 15 is 0 Å². The molecule has 3 rings (SSSR count). The minimum atomic E-state index is 0.503. The highest BCUT2D eigenvalue weighted by Crippen LogP contribution is 2.21. The fraction of sp³-hybridized carbons (Fsp3) is 0.500. The Bertz CT molecular complexity index is 548. The van der Waals surface area contributed by atoms with Gasteiger partial charge in [-0.2, -0.15) is 0 Å². The largest absolute Gasteiger partial charge is 0.307 e. The van der Waals surface area contributed by atoms with Gasteiger partial charge in [0, 0.05) is 30.7 Å². The lowest BCUT2D eigenvalue weighted by Gasteiger charge is -2.20. The van der Waals surface area contributed by atoms with Crippen molar-refractivity contribution in [2.75, 3.05) is 19.6 Å². The average Bonchev–Trinajstić information content (AvgIpc) is 3.17. The summed E-state index contributed by atoms with van der Waals surface area (Å²) in [7, 11) is 0. The van der Waals surface area contributed by atoms with E-state index in [4.69, 9.17) is 0 Å². The Morgan fingerprint density at radius 3 is 2.95 bits per heavy atom. The first-order valence-corrected chi connectivity index (χ1v) is 8.51. The summed E-state index contributed by atoms with van der Waals surface area (Å²) in [4.78, 5) is 11.6. The molecule has 2 aromatic heterocycles. The molecule has 112 valence electrons. The second kappa shape index (κ2) is 7.11. The zero-order valence-corrected chi connectivity index (χ0v) is 13.3. The molecule has 2 aromatic rings. The number of nitrogens with one attached hydrogen (secondary N) is 1. The highest BCUT2D eigenvalue weighted by molar-refractivity contribution is 7.13. The second-order valence-corrected chi connectivity index (χ2v) is 6.51. The molecule has 4 nitrogen and oxygen atoms in total. The molecule has 0 saturated carbocycles. The fourth-order valence-corrected chi connectivity index (χ4v) is 3.49. The van der Waals surface area contributed by atoms with Gasteiger partial charge in [-0.3, -0.25) is 4.98 Å². The summed E-state index contributed by atoms with van der Waals surface area (Å²) in [6.07, 6.45) is 4.52. The van der Waals surface area contributed by atoms with Crippen LogP contribution in [-0.2, 0) is 6.54 Å². The first-order valence-electron chi connectivity index (χ1n) is 7.63. The van der Waals surface area contributed by atoms with Crippen LogP contribution in [0, 0.1) is 0 Å². The lowest BCUT2D eigenvalue weighted by molar-refractivity contribution is 0.298. The normalized spacial score (nSPS) is 17.2. The van der Waals surface area contributed by atoms with Gasteiger partial charge in [0.05, 0.1) is 11.4 Å². The molecule has 5 heteroatoms. The fourth-order valence-electron chi connectivity index (χ4n) is 2.69. The maximum Gasteiger partial charge on any atom is 0.142 e. The highest BCUT2D eigenvalue weighted by atomic mass is 32.1. The maximum absolute atomic E-state index is 4.66. The summed E-state index contributed by atoms with van der Waals surface area (Å²) in [5.41, 5.74) is 2.06. The van der Waals surface area contributed by atoms with Gasteiger partial charge in [-0.15, -0.1) is 11.3 Å². The standard InChI is InChI=1S/C16H22N4S/c1-13(11-20-8-4-5-9-20)18-10-14-12-21-16(19-14)15-6-2-3-7-17-15/h2-3,6-7,12-13,18H,4-5,8-11H2,1H3. The van der Waals surface area contributed by atoms with Crippen LogP contribution in [0.5, 0.6) is 0 Å². The molecular formula is C16H22N4S. The van der Waals surface area contributed by atoms with Gasteiger partial charge in [-0.05, 0) is 45.0 Å². The van der Waals surface area contributed by atoms with Crippen LogP contribution in [0.15, 0.2) is 29.8 Å². The van der Waals surface area contributed by atoms with Gasteiger partial charge in [0.25, 0.3) is 0 Å². The van der Waals surface area contributed by atoms with Crippen LogP contribution in [-0.4, -0.2) is 40.5 Å². The van der Waals surface area contributed by atoms with E-state index in [1.54, 1.807) is 11.3 Å². The monoisotopic (exact) mass is 302 g/mol. The zero-order chi connectivity index (χ0) is 14.5. The van der Waals surface area contributed by atoms with Gasteiger partial charge in [0.15, 0.2) is 0 Å². The third-order valence-electron chi connectivity index (χ3n) is 3.80. The van der Waals surface area contributed by atoms with Crippen molar-refractivity contribution in [2.24, 2.45) is 0 Å². The molecule has 21 heavy (non-hydrogen) atoms. The molecule has 1 saturated heterocycles. The maximum atomic E-state index is 4.66. The van der Waals surface area contributed by atoms with E-state index in [1.165, 1.54) is 25.9 Å². The lowest BCUT2D eigenvalue weighted by Crippen LogP contribution is -2.37. The van der Waals surface area contributed by atoms with Crippen molar-refractivity contribution in [3.8, 4) is 10.7 Å². The first kappa shape index (κ1) is 14.6. The molecule has 0 radical (unpaired) electrons. The van der Waals surface area contributed by atoms with Crippen LogP contribution in [0.1, 0.15) is 25.5 Å². The van der Waals surface area contributed by atoms with Crippen molar-refractivity contribution in [1.29, 1.82) is 0 Å². The zero-order valence-electron chi connectivity index (χ0n) is 12.5. The molecule has 1 atom stereocenters. The Morgan fingerprint density at radius 1 is 1.33 bits per heavy atom. The number of aromatic nitrogens is 2. The predicted octanol–water partition coefficient (Wildman–Crippen LogP) is 2.78. The van der Waals surface area contributed by atoms with Gasteiger partial charge in [-0.1, -0.05) is 6.07 Å². The number of hydrogen-bond donors (Lipinski definition) is 1. The quantitative estimate of drug-likeness (QED) is 0.891. The first-order chi connectivity index (χ1) is 10.3. The van der Waals surface area contributed by atoms with E-state index in [-0.39, 0.29) is 0 Å². The predicted molar refractivity (Wildman–Crippen MR) is 87.3 cm³/mol. The number of nitrogens with zero attached hydrogens (tertiary/aromatic N) is 3. The summed E-state index contributed by atoms with van der Waals surface area (Å²) in [6, 6.07) is 6.44. The smallest absolute Gasteiger partial charge is 0.142 e. The third-order valence-corrected chi connectivity index (χ3v) is 4.71. The molecule has 0 aliphatic carbocycles. The number of likely N-dealkylation sites (tertiary alicyclic amines) is 1. The van der Waals surface area contributed by atoms with Crippen LogP contribution in [0.4, 0.5) is 0 Å². The van der Waals surface area contributed by atoms with Crippen molar-refractivity contribution in [2.45, 2.75) is 32.4 Å². The summed E-state index contributed by atoms with van der Waals surface area (Å²) < 4.78 is 0.